The molecule has 0 radical (unpaired) electrons. The first kappa shape index (κ1) is 33.5. The molecule has 0 bridgehead atoms. The maximum Gasteiger partial charge on any atom is 0.0665 e. The van der Waals surface area contributed by atoms with Gasteiger partial charge in [-0.1, -0.05) is 157 Å². The van der Waals surface area contributed by atoms with E-state index in [1.165, 1.54) is 55.8 Å². The summed E-state index contributed by atoms with van der Waals surface area (Å²) in [5.41, 5.74) is 16.8. The average Bonchev–Trinajstić information content (AvgIpc) is 3.20. The Balaban J connectivity index is 1.10. The Labute approximate surface area is 303 Å². The van der Waals surface area contributed by atoms with Crippen molar-refractivity contribution in [2.24, 2.45) is 4.99 Å². The zero-order valence-corrected chi connectivity index (χ0v) is 29.8. The molecule has 250 valence electrons. The molecule has 6 aromatic carbocycles. The zero-order valence-electron chi connectivity index (χ0n) is 29.8. The first-order chi connectivity index (χ1) is 25.0. The molecule has 1 aliphatic rings. The molecule has 51 heavy (non-hydrogen) atoms. The highest BCUT2D eigenvalue weighted by molar-refractivity contribution is 5.99. The number of benzene rings is 6. The number of nitrogens with zero attached hydrogens (tertiary/aromatic N) is 2. The Hall–Kier alpha value is -5.99. The molecule has 0 unspecified atom stereocenters. The van der Waals surface area contributed by atoms with Gasteiger partial charge in [-0.15, -0.1) is 0 Å². The maximum absolute atomic E-state index is 5.19. The lowest BCUT2D eigenvalue weighted by atomic mass is 9.91. The van der Waals surface area contributed by atoms with Crippen molar-refractivity contribution in [1.29, 1.82) is 0 Å². The Morgan fingerprint density at radius 3 is 2.04 bits per heavy atom. The van der Waals surface area contributed by atoms with Gasteiger partial charge in [0.05, 0.1) is 5.70 Å². The summed E-state index contributed by atoms with van der Waals surface area (Å²) in [6, 6.07) is 56.4. The highest BCUT2D eigenvalue weighted by Gasteiger charge is 2.14. The molecule has 0 atom stereocenters. The van der Waals surface area contributed by atoms with Crippen molar-refractivity contribution < 1.29 is 0 Å². The molecule has 0 aliphatic heterocycles. The minimum atomic E-state index is 0.838. The molecule has 0 saturated heterocycles. The fourth-order valence-electron chi connectivity index (χ4n) is 6.81. The fraction of sp³-hybridized carbons (Fsp3) is 0.122. The Kier molecular flexibility index (Phi) is 10.3. The maximum atomic E-state index is 5.19. The second kappa shape index (κ2) is 15.7. The van der Waals surface area contributed by atoms with Crippen LogP contribution in [0.3, 0.4) is 0 Å². The summed E-state index contributed by atoms with van der Waals surface area (Å²) in [5.74, 6) is 0. The lowest BCUT2D eigenvalue weighted by Crippen LogP contribution is -2.10. The summed E-state index contributed by atoms with van der Waals surface area (Å²) in [7, 11) is 2.15. The molecular formula is C49H44N2. The minimum absolute atomic E-state index is 0.838. The lowest BCUT2D eigenvalue weighted by Gasteiger charge is -2.23. The van der Waals surface area contributed by atoms with Gasteiger partial charge >= 0.3 is 0 Å². The molecule has 0 aromatic heterocycles. The van der Waals surface area contributed by atoms with Crippen molar-refractivity contribution in [2.75, 3.05) is 11.9 Å². The SMILES string of the molecule is CC(=N/C(=C\Cc1ccccc1)C1=CCCC(c2ccc(-c3ccc(N(C)c4ccccc4-c4cccc(C)c4)cc3)cc2)=C1)c1ccccc1. The fourth-order valence-corrected chi connectivity index (χ4v) is 6.81. The Morgan fingerprint density at radius 1 is 0.667 bits per heavy atom. The first-order valence-corrected chi connectivity index (χ1v) is 17.9. The van der Waals surface area contributed by atoms with Gasteiger partial charge < -0.3 is 4.90 Å². The second-order valence-electron chi connectivity index (χ2n) is 13.3. The van der Waals surface area contributed by atoms with Crippen molar-refractivity contribution in [3.8, 4) is 22.3 Å². The van der Waals surface area contributed by atoms with Crippen molar-refractivity contribution >= 4 is 22.7 Å². The van der Waals surface area contributed by atoms with E-state index in [4.69, 9.17) is 4.99 Å². The second-order valence-corrected chi connectivity index (χ2v) is 13.3. The summed E-state index contributed by atoms with van der Waals surface area (Å²) < 4.78 is 0. The summed E-state index contributed by atoms with van der Waals surface area (Å²) in [4.78, 5) is 7.47. The van der Waals surface area contributed by atoms with E-state index in [1.807, 2.05) is 0 Å². The molecule has 0 fully saturated rings. The van der Waals surface area contributed by atoms with Gasteiger partial charge in [-0.3, -0.25) is 4.99 Å². The average molecular weight is 661 g/mol. The molecule has 0 saturated carbocycles. The predicted molar refractivity (Wildman–Crippen MR) is 219 cm³/mol. The van der Waals surface area contributed by atoms with E-state index in [0.717, 1.165) is 41.9 Å². The van der Waals surface area contributed by atoms with Crippen LogP contribution in [-0.4, -0.2) is 12.8 Å². The third kappa shape index (κ3) is 8.09. The van der Waals surface area contributed by atoms with Gasteiger partial charge in [0.15, 0.2) is 0 Å². The third-order valence-corrected chi connectivity index (χ3v) is 9.70. The number of rotatable bonds is 10. The van der Waals surface area contributed by atoms with Gasteiger partial charge in [-0.25, -0.2) is 0 Å². The Morgan fingerprint density at radius 2 is 1.31 bits per heavy atom. The zero-order chi connectivity index (χ0) is 35.0. The summed E-state index contributed by atoms with van der Waals surface area (Å²) in [6.07, 6.45) is 9.81. The highest BCUT2D eigenvalue weighted by atomic mass is 15.1. The Bertz CT molecular complexity index is 2220. The van der Waals surface area contributed by atoms with Gasteiger partial charge in [-0.05, 0) is 102 Å². The molecule has 0 heterocycles. The summed E-state index contributed by atoms with van der Waals surface area (Å²) >= 11 is 0. The largest absolute Gasteiger partial charge is 0.344 e. The van der Waals surface area contributed by atoms with Gasteiger partial charge in [0.2, 0.25) is 0 Å². The van der Waals surface area contributed by atoms with Crippen molar-refractivity contribution in [3.63, 3.8) is 0 Å². The van der Waals surface area contributed by atoms with Crippen LogP contribution in [0.1, 0.15) is 42.0 Å². The van der Waals surface area contributed by atoms with Crippen LogP contribution < -0.4 is 4.90 Å². The molecule has 6 aromatic rings. The normalized spacial score (nSPS) is 13.4. The van der Waals surface area contributed by atoms with E-state index in [-0.39, 0.29) is 0 Å². The molecule has 2 heteroatoms. The van der Waals surface area contributed by atoms with E-state index in [9.17, 15) is 0 Å². The van der Waals surface area contributed by atoms with Crippen LogP contribution in [0.5, 0.6) is 0 Å². The molecule has 0 amide bonds. The highest BCUT2D eigenvalue weighted by Crippen LogP contribution is 2.36. The van der Waals surface area contributed by atoms with E-state index >= 15 is 0 Å². The number of hydrogen-bond donors (Lipinski definition) is 0. The predicted octanol–water partition coefficient (Wildman–Crippen LogP) is 12.8. The van der Waals surface area contributed by atoms with Crippen LogP contribution in [0.4, 0.5) is 11.4 Å². The van der Waals surface area contributed by atoms with E-state index < -0.39 is 0 Å². The van der Waals surface area contributed by atoms with Gasteiger partial charge in [-0.2, -0.15) is 0 Å². The van der Waals surface area contributed by atoms with Crippen LogP contribution in [-0.2, 0) is 6.42 Å². The molecule has 2 nitrogen and oxygen atoms in total. The third-order valence-electron chi connectivity index (χ3n) is 9.70. The number of aryl methyl sites for hydroxylation is 1. The van der Waals surface area contributed by atoms with Gasteiger partial charge in [0.25, 0.3) is 0 Å². The van der Waals surface area contributed by atoms with Crippen molar-refractivity contribution in [1.82, 2.24) is 0 Å². The topological polar surface area (TPSA) is 15.6 Å². The van der Waals surface area contributed by atoms with Crippen LogP contribution in [0.15, 0.2) is 192 Å². The number of para-hydroxylation sites is 1. The van der Waals surface area contributed by atoms with Crippen LogP contribution in [0, 0.1) is 6.92 Å². The van der Waals surface area contributed by atoms with Gasteiger partial charge in [0.1, 0.15) is 0 Å². The molecular weight excluding hydrogens is 617 g/mol. The summed E-state index contributed by atoms with van der Waals surface area (Å²) in [5, 5.41) is 0. The number of anilines is 2. The van der Waals surface area contributed by atoms with E-state index in [2.05, 4.69) is 202 Å². The lowest BCUT2D eigenvalue weighted by molar-refractivity contribution is 1.03. The number of hydrogen-bond acceptors (Lipinski definition) is 2. The van der Waals surface area contributed by atoms with Crippen molar-refractivity contribution in [2.45, 2.75) is 33.1 Å². The smallest absolute Gasteiger partial charge is 0.0665 e. The van der Waals surface area contributed by atoms with E-state index in [0.29, 0.717) is 0 Å². The van der Waals surface area contributed by atoms with Crippen LogP contribution in [0.2, 0.25) is 0 Å². The first-order valence-electron chi connectivity index (χ1n) is 17.9. The minimum Gasteiger partial charge on any atom is -0.344 e. The van der Waals surface area contributed by atoms with Gasteiger partial charge in [0, 0.05) is 29.7 Å². The quantitative estimate of drug-likeness (QED) is 0.134. The molecule has 0 spiro atoms. The monoisotopic (exact) mass is 660 g/mol. The summed E-state index contributed by atoms with van der Waals surface area (Å²) in [6.45, 7) is 4.25. The molecule has 7 rings (SSSR count). The number of allylic oxidation sites excluding steroid dienone is 4. The van der Waals surface area contributed by atoms with Crippen molar-refractivity contribution in [3.05, 3.63) is 209 Å². The standard InChI is InChI=1S/C49H44N2/c1-36-14-12-20-44(34-36)47-22-10-11-23-49(47)51(3)46-31-29-41(30-32-46)40-25-27-42(28-26-40)43-19-13-21-45(35-43)48(33-24-38-15-6-4-7-16-38)50-37(2)39-17-8-5-9-18-39/h4-12,14-18,20-23,25-35H,13,19,24H2,1-3H3/b48-33-,50-37?. The van der Waals surface area contributed by atoms with Crippen LogP contribution >= 0.6 is 0 Å². The van der Waals surface area contributed by atoms with Crippen LogP contribution in [0.25, 0.3) is 27.8 Å². The van der Waals surface area contributed by atoms with E-state index in [1.54, 1.807) is 0 Å². The molecule has 1 aliphatic carbocycles. The number of aliphatic imine (C=N–C) groups is 1. The molecule has 0 N–H and O–H groups in total.